The second-order valence-electron chi connectivity index (χ2n) is 6.74. The van der Waals surface area contributed by atoms with Crippen LogP contribution in [0.2, 0.25) is 0 Å². The predicted molar refractivity (Wildman–Crippen MR) is 98.2 cm³/mol. The van der Waals surface area contributed by atoms with E-state index in [2.05, 4.69) is 10.3 Å². The van der Waals surface area contributed by atoms with Crippen molar-refractivity contribution in [2.24, 2.45) is 5.92 Å². The SMILES string of the molecule is COc1cccc(CN[C@@H]2C[C@H](COc3cccc(C)n3)[C@@H](O)[C@H]2O)c1. The molecule has 0 amide bonds. The number of nitrogens with one attached hydrogen (secondary N) is 1. The molecule has 4 atom stereocenters. The fourth-order valence-corrected chi connectivity index (χ4v) is 3.31. The van der Waals surface area contributed by atoms with E-state index < -0.39 is 12.2 Å². The molecule has 1 aromatic heterocycles. The van der Waals surface area contributed by atoms with E-state index in [0.29, 0.717) is 25.5 Å². The summed E-state index contributed by atoms with van der Waals surface area (Å²) in [6.45, 7) is 2.82. The van der Waals surface area contributed by atoms with Gasteiger partial charge in [-0.3, -0.25) is 0 Å². The normalized spacial score (nSPS) is 25.2. The molecule has 3 rings (SSSR count). The van der Waals surface area contributed by atoms with E-state index >= 15 is 0 Å². The first kappa shape index (κ1) is 18.6. The van der Waals surface area contributed by atoms with Gasteiger partial charge in [-0.2, -0.15) is 0 Å². The zero-order valence-electron chi connectivity index (χ0n) is 15.1. The Balaban J connectivity index is 1.53. The highest BCUT2D eigenvalue weighted by Crippen LogP contribution is 2.28. The number of aliphatic hydroxyl groups is 2. The molecule has 140 valence electrons. The number of hydrogen-bond donors (Lipinski definition) is 3. The third kappa shape index (κ3) is 4.52. The van der Waals surface area contributed by atoms with E-state index in [1.807, 2.05) is 43.3 Å². The highest BCUT2D eigenvalue weighted by atomic mass is 16.5. The Morgan fingerprint density at radius 3 is 2.73 bits per heavy atom. The zero-order valence-corrected chi connectivity index (χ0v) is 15.1. The summed E-state index contributed by atoms with van der Waals surface area (Å²) in [5, 5.41) is 24.0. The average molecular weight is 358 g/mol. The minimum absolute atomic E-state index is 0.143. The number of benzene rings is 1. The fraction of sp³-hybridized carbons (Fsp3) is 0.450. The molecule has 0 saturated heterocycles. The summed E-state index contributed by atoms with van der Waals surface area (Å²) in [6, 6.07) is 13.2. The van der Waals surface area contributed by atoms with Gasteiger partial charge in [-0.25, -0.2) is 4.98 Å². The lowest BCUT2D eigenvalue weighted by molar-refractivity contribution is 0.00171. The standard InChI is InChI=1S/C20H26N2O4/c1-13-5-3-8-18(22-13)26-12-15-10-17(20(24)19(15)23)21-11-14-6-4-7-16(9-14)25-2/h3-9,15,17,19-21,23-24H,10-12H2,1-2H3/t15-,17-,19-,20+/m1/s1. The molecule has 6 heteroatoms. The number of methoxy groups -OCH3 is 1. The molecule has 0 radical (unpaired) electrons. The molecular weight excluding hydrogens is 332 g/mol. The Morgan fingerprint density at radius 2 is 1.96 bits per heavy atom. The van der Waals surface area contributed by atoms with E-state index in [1.54, 1.807) is 13.2 Å². The topological polar surface area (TPSA) is 83.8 Å². The molecule has 3 N–H and O–H groups in total. The van der Waals surface area contributed by atoms with E-state index in [4.69, 9.17) is 9.47 Å². The van der Waals surface area contributed by atoms with E-state index in [-0.39, 0.29) is 12.0 Å². The van der Waals surface area contributed by atoms with Crippen molar-refractivity contribution < 1.29 is 19.7 Å². The lowest BCUT2D eigenvalue weighted by atomic mass is 10.1. The maximum absolute atomic E-state index is 10.3. The quantitative estimate of drug-likeness (QED) is 0.698. The molecule has 6 nitrogen and oxygen atoms in total. The summed E-state index contributed by atoms with van der Waals surface area (Å²) >= 11 is 0. The molecule has 0 aliphatic heterocycles. The van der Waals surface area contributed by atoms with Gasteiger partial charge in [-0.15, -0.1) is 0 Å². The van der Waals surface area contributed by atoms with Gasteiger partial charge in [0.1, 0.15) is 5.75 Å². The zero-order chi connectivity index (χ0) is 18.5. The van der Waals surface area contributed by atoms with Gasteiger partial charge in [0.15, 0.2) is 0 Å². The van der Waals surface area contributed by atoms with Crippen molar-refractivity contribution >= 4 is 0 Å². The van der Waals surface area contributed by atoms with Crippen LogP contribution in [-0.2, 0) is 6.54 Å². The summed E-state index contributed by atoms with van der Waals surface area (Å²) in [5.41, 5.74) is 1.95. The van der Waals surface area contributed by atoms with Crippen LogP contribution in [0.15, 0.2) is 42.5 Å². The summed E-state index contributed by atoms with van der Waals surface area (Å²) in [7, 11) is 1.64. The first-order valence-electron chi connectivity index (χ1n) is 8.85. The van der Waals surface area contributed by atoms with Crippen LogP contribution in [0.1, 0.15) is 17.7 Å². The molecule has 1 heterocycles. The number of aryl methyl sites for hydroxylation is 1. The van der Waals surface area contributed by atoms with Gasteiger partial charge >= 0.3 is 0 Å². The van der Waals surface area contributed by atoms with Crippen molar-refractivity contribution in [3.63, 3.8) is 0 Å². The highest BCUT2D eigenvalue weighted by molar-refractivity contribution is 5.28. The molecule has 1 fully saturated rings. The number of hydrogen-bond acceptors (Lipinski definition) is 6. The first-order valence-corrected chi connectivity index (χ1v) is 8.85. The number of aromatic nitrogens is 1. The number of rotatable bonds is 7. The summed E-state index contributed by atoms with van der Waals surface area (Å²) in [6.07, 6.45) is -1.000. The number of nitrogens with zero attached hydrogens (tertiary/aromatic N) is 1. The van der Waals surface area contributed by atoms with Crippen LogP contribution in [0.25, 0.3) is 0 Å². The van der Waals surface area contributed by atoms with Crippen LogP contribution in [0, 0.1) is 12.8 Å². The van der Waals surface area contributed by atoms with Crippen molar-refractivity contribution in [2.75, 3.05) is 13.7 Å². The predicted octanol–water partition coefficient (Wildman–Crippen LogP) is 1.68. The Labute approximate surface area is 153 Å². The van der Waals surface area contributed by atoms with Crippen LogP contribution in [-0.4, -0.2) is 47.2 Å². The molecule has 1 aliphatic carbocycles. The molecule has 1 aromatic carbocycles. The van der Waals surface area contributed by atoms with Crippen LogP contribution in [0.5, 0.6) is 11.6 Å². The van der Waals surface area contributed by atoms with Crippen LogP contribution in [0.3, 0.4) is 0 Å². The van der Waals surface area contributed by atoms with Gasteiger partial charge in [0.2, 0.25) is 5.88 Å². The lowest BCUT2D eigenvalue weighted by Crippen LogP contribution is -2.39. The minimum atomic E-state index is -0.820. The van der Waals surface area contributed by atoms with Gasteiger partial charge in [0.05, 0.1) is 25.9 Å². The molecule has 26 heavy (non-hydrogen) atoms. The second kappa shape index (κ2) is 8.49. The Hall–Kier alpha value is -2.15. The van der Waals surface area contributed by atoms with Gasteiger partial charge in [-0.05, 0) is 37.1 Å². The molecular formula is C20H26N2O4. The van der Waals surface area contributed by atoms with Crippen molar-refractivity contribution in [2.45, 2.75) is 38.1 Å². The van der Waals surface area contributed by atoms with E-state index in [9.17, 15) is 10.2 Å². The van der Waals surface area contributed by atoms with Gasteiger partial charge in [0, 0.05) is 30.3 Å². The second-order valence-corrected chi connectivity index (χ2v) is 6.74. The van der Waals surface area contributed by atoms with Gasteiger partial charge in [-0.1, -0.05) is 18.2 Å². The van der Waals surface area contributed by atoms with E-state index in [1.165, 1.54) is 0 Å². The van der Waals surface area contributed by atoms with Gasteiger partial charge in [0.25, 0.3) is 0 Å². The lowest BCUT2D eigenvalue weighted by Gasteiger charge is -2.18. The smallest absolute Gasteiger partial charge is 0.213 e. The third-order valence-corrected chi connectivity index (χ3v) is 4.81. The van der Waals surface area contributed by atoms with Crippen molar-refractivity contribution in [1.29, 1.82) is 0 Å². The first-order chi connectivity index (χ1) is 12.6. The number of ether oxygens (including phenoxy) is 2. The maximum Gasteiger partial charge on any atom is 0.213 e. The largest absolute Gasteiger partial charge is 0.497 e. The van der Waals surface area contributed by atoms with E-state index in [0.717, 1.165) is 17.0 Å². The monoisotopic (exact) mass is 358 g/mol. The highest BCUT2D eigenvalue weighted by Gasteiger charge is 2.41. The van der Waals surface area contributed by atoms with Crippen LogP contribution in [0.4, 0.5) is 0 Å². The summed E-state index contributed by atoms with van der Waals surface area (Å²) in [5.74, 6) is 1.20. The number of aliphatic hydroxyl groups excluding tert-OH is 2. The summed E-state index contributed by atoms with van der Waals surface area (Å²) < 4.78 is 10.9. The Kier molecular flexibility index (Phi) is 6.08. The maximum atomic E-state index is 10.3. The fourth-order valence-electron chi connectivity index (χ4n) is 3.31. The Morgan fingerprint density at radius 1 is 1.15 bits per heavy atom. The van der Waals surface area contributed by atoms with Crippen LogP contribution >= 0.6 is 0 Å². The van der Waals surface area contributed by atoms with Crippen molar-refractivity contribution in [1.82, 2.24) is 10.3 Å². The summed E-state index contributed by atoms with van der Waals surface area (Å²) in [4.78, 5) is 4.30. The molecule has 0 spiro atoms. The molecule has 2 aromatic rings. The third-order valence-electron chi connectivity index (χ3n) is 4.81. The molecule has 1 aliphatic rings. The van der Waals surface area contributed by atoms with Gasteiger partial charge < -0.3 is 25.0 Å². The molecule has 0 unspecified atom stereocenters. The van der Waals surface area contributed by atoms with Crippen LogP contribution < -0.4 is 14.8 Å². The Bertz CT molecular complexity index is 724. The average Bonchev–Trinajstić information content (AvgIpc) is 2.93. The molecule has 1 saturated carbocycles. The molecule has 0 bridgehead atoms. The van der Waals surface area contributed by atoms with Crippen molar-refractivity contribution in [3.05, 3.63) is 53.7 Å². The number of pyridine rings is 1. The van der Waals surface area contributed by atoms with Crippen molar-refractivity contribution in [3.8, 4) is 11.6 Å². The minimum Gasteiger partial charge on any atom is -0.497 e.